The van der Waals surface area contributed by atoms with Crippen molar-refractivity contribution in [3.05, 3.63) is 47.4 Å². The number of aryl methyl sites for hydroxylation is 3. The van der Waals surface area contributed by atoms with Crippen LogP contribution in [0.3, 0.4) is 0 Å². The number of aromatic nitrogens is 5. The summed E-state index contributed by atoms with van der Waals surface area (Å²) in [5, 5.41) is 16.4. The second-order valence-corrected chi connectivity index (χ2v) is 11.6. The highest BCUT2D eigenvalue weighted by Gasteiger charge is 2.24. The fourth-order valence-corrected chi connectivity index (χ4v) is 4.79. The first-order chi connectivity index (χ1) is 18.1. The molecule has 0 spiro atoms. The van der Waals surface area contributed by atoms with Gasteiger partial charge in [0.05, 0.1) is 5.69 Å². The Bertz CT molecular complexity index is 1280. The molecule has 206 valence electrons. The molecule has 3 heterocycles. The highest BCUT2D eigenvalue weighted by atomic mass is 35.5. The third-order valence-corrected chi connectivity index (χ3v) is 7.09. The molecule has 3 rings (SSSR count). The molecule has 14 heteroatoms. The van der Waals surface area contributed by atoms with Crippen LogP contribution < -0.4 is 10.6 Å². The number of anilines is 1. The van der Waals surface area contributed by atoms with Crippen molar-refractivity contribution in [2.75, 3.05) is 17.3 Å². The van der Waals surface area contributed by atoms with Gasteiger partial charge in [0.25, 0.3) is 5.91 Å². The maximum Gasteiger partial charge on any atom is 0.270 e. The number of nitrogens with zero attached hydrogens (tertiary/aromatic N) is 4. The average Bonchev–Trinajstić information content (AvgIpc) is 3.44. The average molecular weight is 587 g/mol. The highest BCUT2D eigenvalue weighted by Crippen LogP contribution is 2.28. The molecule has 3 aromatic heterocycles. The smallest absolute Gasteiger partial charge is 0.270 e. The molecule has 2 atom stereocenters. The third kappa shape index (κ3) is 8.08. The van der Waals surface area contributed by atoms with E-state index in [4.69, 9.17) is 23.2 Å². The van der Waals surface area contributed by atoms with E-state index in [1.807, 2.05) is 0 Å². The van der Waals surface area contributed by atoms with E-state index in [0.717, 1.165) is 0 Å². The Hall–Kier alpha value is -2.83. The van der Waals surface area contributed by atoms with Gasteiger partial charge in [0, 0.05) is 52.4 Å². The summed E-state index contributed by atoms with van der Waals surface area (Å²) in [4.78, 5) is 29.5. The second kappa shape index (κ2) is 13.8. The molecule has 38 heavy (non-hydrogen) atoms. The number of hydrogen-bond acceptors (Lipinski definition) is 6. The molecule has 2 amide bonds. The summed E-state index contributed by atoms with van der Waals surface area (Å²) in [6.07, 6.45) is 4.78. The van der Waals surface area contributed by atoms with E-state index >= 15 is 0 Å². The topological polar surface area (TPSA) is 135 Å². The third-order valence-electron chi connectivity index (χ3n) is 5.79. The number of hydrogen-bond donors (Lipinski definition) is 3. The predicted octanol–water partition coefficient (Wildman–Crippen LogP) is 3.90. The number of pyridine rings is 1. The minimum absolute atomic E-state index is 0.000490. The first kappa shape index (κ1) is 29.7. The molecule has 3 aromatic rings. The van der Waals surface area contributed by atoms with Crippen LogP contribution >= 0.6 is 23.2 Å². The summed E-state index contributed by atoms with van der Waals surface area (Å²) in [5.74, 6) is -1.36. The number of alkyl halides is 2. The van der Waals surface area contributed by atoms with Crippen LogP contribution in [0.25, 0.3) is 11.1 Å². The van der Waals surface area contributed by atoms with Gasteiger partial charge in [0.1, 0.15) is 22.4 Å². The molecule has 0 aliphatic rings. The van der Waals surface area contributed by atoms with Crippen molar-refractivity contribution in [2.24, 2.45) is 0 Å². The van der Waals surface area contributed by atoms with Crippen molar-refractivity contribution in [1.29, 1.82) is 0 Å². The van der Waals surface area contributed by atoms with Crippen LogP contribution in [0.2, 0.25) is 0 Å². The van der Waals surface area contributed by atoms with Crippen molar-refractivity contribution in [2.45, 2.75) is 57.0 Å². The number of aromatic amines is 1. The van der Waals surface area contributed by atoms with Crippen molar-refractivity contribution in [3.8, 4) is 11.1 Å². The zero-order chi connectivity index (χ0) is 27.8. The second-order valence-electron chi connectivity index (χ2n) is 8.75. The Morgan fingerprint density at radius 2 is 1.95 bits per heavy atom. The Morgan fingerprint density at radius 3 is 2.58 bits per heavy atom. The normalized spacial score (nSPS) is 12.9. The number of H-pyrrole nitrogens is 1. The van der Waals surface area contributed by atoms with Gasteiger partial charge in [-0.05, 0) is 57.7 Å². The van der Waals surface area contributed by atoms with Gasteiger partial charge in [-0.3, -0.25) is 23.6 Å². The molecule has 3 N–H and O–H groups in total. The van der Waals surface area contributed by atoms with E-state index in [1.165, 1.54) is 29.1 Å². The molecule has 0 aliphatic carbocycles. The Labute approximate surface area is 232 Å². The van der Waals surface area contributed by atoms with Crippen LogP contribution in [-0.4, -0.2) is 63.9 Å². The van der Waals surface area contributed by atoms with Crippen molar-refractivity contribution >= 4 is 51.6 Å². The first-order valence-electron chi connectivity index (χ1n) is 12.0. The summed E-state index contributed by atoms with van der Waals surface area (Å²) in [6.45, 7) is 3.93. The van der Waals surface area contributed by atoms with Crippen LogP contribution in [0.1, 0.15) is 47.6 Å². The number of halogens is 3. The van der Waals surface area contributed by atoms with Crippen LogP contribution in [0, 0.1) is 19.8 Å². The maximum absolute atomic E-state index is 14.9. The molecule has 0 bridgehead atoms. The molecule has 10 nitrogen and oxygen atoms in total. The predicted molar refractivity (Wildman–Crippen MR) is 146 cm³/mol. The number of carbonyl (C=O) groups excluding carboxylic acids is 2. The summed E-state index contributed by atoms with van der Waals surface area (Å²) in [5.41, 5.74) is 2.45. The van der Waals surface area contributed by atoms with Crippen LogP contribution in [0.5, 0.6) is 0 Å². The van der Waals surface area contributed by atoms with Gasteiger partial charge in [-0.1, -0.05) is 0 Å². The maximum atomic E-state index is 14.9. The molecule has 0 fully saturated rings. The van der Waals surface area contributed by atoms with E-state index in [1.54, 1.807) is 20.1 Å². The fraction of sp³-hybridized carbons (Fsp3) is 0.458. The van der Waals surface area contributed by atoms with Crippen molar-refractivity contribution < 1.29 is 18.2 Å². The lowest BCUT2D eigenvalue weighted by molar-refractivity contribution is -0.118. The SMILES string of the molecule is Cc1n[nH]c(C)c1-c1ccc(NC(=O)[C@H](CCCC(Cl)Cl)NC(=O)c2ccnn2CCCS(C)=O)nc1F. The summed E-state index contributed by atoms with van der Waals surface area (Å²) >= 11 is 11.7. The zero-order valence-corrected chi connectivity index (χ0v) is 23.6. The Kier molecular flexibility index (Phi) is 10.8. The van der Waals surface area contributed by atoms with E-state index in [9.17, 15) is 18.2 Å². The minimum atomic E-state index is -0.969. The number of rotatable bonds is 13. The van der Waals surface area contributed by atoms with Gasteiger partial charge < -0.3 is 10.6 Å². The van der Waals surface area contributed by atoms with Crippen molar-refractivity contribution in [3.63, 3.8) is 0 Å². The lowest BCUT2D eigenvalue weighted by atomic mass is 10.1. The van der Waals surface area contributed by atoms with Gasteiger partial charge in [0.15, 0.2) is 0 Å². The Balaban J connectivity index is 1.73. The van der Waals surface area contributed by atoms with Crippen molar-refractivity contribution in [1.82, 2.24) is 30.3 Å². The molecule has 0 aliphatic heterocycles. The Morgan fingerprint density at radius 1 is 1.18 bits per heavy atom. The summed E-state index contributed by atoms with van der Waals surface area (Å²) in [6, 6.07) is 3.57. The molecule has 0 aromatic carbocycles. The number of amides is 2. The van der Waals surface area contributed by atoms with Crippen LogP contribution in [0.4, 0.5) is 10.2 Å². The van der Waals surface area contributed by atoms with E-state index in [2.05, 4.69) is 30.9 Å². The van der Waals surface area contributed by atoms with Crippen LogP contribution in [0.15, 0.2) is 24.4 Å². The van der Waals surface area contributed by atoms with Crippen LogP contribution in [-0.2, 0) is 22.1 Å². The highest BCUT2D eigenvalue weighted by molar-refractivity contribution is 7.84. The largest absolute Gasteiger partial charge is 0.339 e. The molecule has 0 saturated carbocycles. The molecule has 0 radical (unpaired) electrons. The van der Waals surface area contributed by atoms with E-state index in [0.29, 0.717) is 48.5 Å². The first-order valence-corrected chi connectivity index (χ1v) is 14.6. The lowest BCUT2D eigenvalue weighted by Crippen LogP contribution is -2.44. The lowest BCUT2D eigenvalue weighted by Gasteiger charge is -2.19. The quantitative estimate of drug-likeness (QED) is 0.206. The number of nitrogens with one attached hydrogen (secondary N) is 3. The summed E-state index contributed by atoms with van der Waals surface area (Å²) in [7, 11) is -0.955. The molecular weight excluding hydrogens is 556 g/mol. The van der Waals surface area contributed by atoms with E-state index in [-0.39, 0.29) is 23.5 Å². The standard InChI is InChI=1S/C24H30Cl2FN7O3S/c1-14-21(15(2)33-32-14)16-8-9-20(30-22(16)27)31-23(35)17(6-4-7-19(25)26)29-24(36)18-10-11-28-34(18)12-5-13-38(3)37/h8-11,17,19H,4-7,12-13H2,1-3H3,(H,29,36)(H,32,33)(H,30,31,35)/t17-,38?/m0/s1. The van der Waals surface area contributed by atoms with Gasteiger partial charge in [-0.2, -0.15) is 14.6 Å². The number of carbonyl (C=O) groups is 2. The van der Waals surface area contributed by atoms with Gasteiger partial charge in [0.2, 0.25) is 11.9 Å². The van der Waals surface area contributed by atoms with Gasteiger partial charge in [-0.15, -0.1) is 23.2 Å². The molecular formula is C24H30Cl2FN7O3S. The summed E-state index contributed by atoms with van der Waals surface area (Å²) < 4.78 is 27.7. The molecule has 1 unspecified atom stereocenters. The monoisotopic (exact) mass is 585 g/mol. The zero-order valence-electron chi connectivity index (χ0n) is 21.3. The van der Waals surface area contributed by atoms with Gasteiger partial charge >= 0.3 is 0 Å². The van der Waals surface area contributed by atoms with E-state index < -0.39 is 39.4 Å². The minimum Gasteiger partial charge on any atom is -0.339 e. The fourth-order valence-electron chi connectivity index (χ4n) is 3.95. The molecule has 0 saturated heterocycles. The van der Waals surface area contributed by atoms with Gasteiger partial charge in [-0.25, -0.2) is 4.98 Å².